The van der Waals surface area contributed by atoms with Gasteiger partial charge in [0.15, 0.2) is 0 Å². The molecule has 1 aliphatic rings. The minimum Gasteiger partial charge on any atom is -0.390 e. The second kappa shape index (κ2) is 3.68. The van der Waals surface area contributed by atoms with Gasteiger partial charge in [-0.3, -0.25) is 0 Å². The number of rotatable bonds is 3. The van der Waals surface area contributed by atoms with E-state index in [2.05, 4.69) is 22.4 Å². The number of nitrogens with one attached hydrogen (secondary N) is 1. The fourth-order valence-electron chi connectivity index (χ4n) is 1.54. The summed E-state index contributed by atoms with van der Waals surface area (Å²) in [4.78, 5) is 0. The molecule has 1 aliphatic heterocycles. The van der Waals surface area contributed by atoms with Crippen molar-refractivity contribution in [2.24, 2.45) is 0 Å². The highest BCUT2D eigenvalue weighted by molar-refractivity contribution is 8.00. The highest BCUT2D eigenvalue weighted by Crippen LogP contribution is 2.37. The molecule has 6 heteroatoms. The third kappa shape index (κ3) is 2.12. The van der Waals surface area contributed by atoms with Gasteiger partial charge < -0.3 is 15.5 Å². The Hall–Kier alpha value is -0.910. The zero-order chi connectivity index (χ0) is 10.0. The molecule has 0 radical (unpaired) electrons. The molecule has 2 heterocycles. The summed E-state index contributed by atoms with van der Waals surface area (Å²) in [5, 5.41) is 10.4. The van der Waals surface area contributed by atoms with Crippen molar-refractivity contribution in [2.75, 3.05) is 23.3 Å². The standard InChI is InChI=1S/C8H14N4OS/c1-8(3-2-4-14-8)5-10-7-12-11-6(9)13-7/h2-5H2,1H3,(H2,9,11)(H,10,12). The van der Waals surface area contributed by atoms with Crippen molar-refractivity contribution < 1.29 is 4.42 Å². The van der Waals surface area contributed by atoms with Gasteiger partial charge in [0.05, 0.1) is 0 Å². The van der Waals surface area contributed by atoms with Gasteiger partial charge in [-0.1, -0.05) is 10.2 Å². The Bertz CT molecular complexity index is 308. The molecule has 1 unspecified atom stereocenters. The fourth-order valence-corrected chi connectivity index (χ4v) is 2.79. The summed E-state index contributed by atoms with van der Waals surface area (Å²) in [6.45, 7) is 3.09. The SMILES string of the molecule is CC1(CNc2nnc(N)o2)CCCS1. The number of aromatic nitrogens is 2. The molecule has 3 N–H and O–H groups in total. The summed E-state index contributed by atoms with van der Waals surface area (Å²) in [6, 6.07) is 0.521. The number of nitrogen functional groups attached to an aromatic ring is 1. The Balaban J connectivity index is 1.87. The zero-order valence-electron chi connectivity index (χ0n) is 8.12. The van der Waals surface area contributed by atoms with E-state index in [-0.39, 0.29) is 6.01 Å². The van der Waals surface area contributed by atoms with E-state index in [1.807, 2.05) is 11.8 Å². The number of nitrogens with two attached hydrogens (primary N) is 1. The van der Waals surface area contributed by atoms with Gasteiger partial charge in [0.25, 0.3) is 0 Å². The third-order valence-electron chi connectivity index (χ3n) is 2.35. The van der Waals surface area contributed by atoms with E-state index in [0.717, 1.165) is 6.54 Å². The number of thioether (sulfide) groups is 1. The van der Waals surface area contributed by atoms with Crippen molar-refractivity contribution in [3.63, 3.8) is 0 Å². The molecule has 78 valence electrons. The van der Waals surface area contributed by atoms with Gasteiger partial charge in [0, 0.05) is 11.3 Å². The Morgan fingerprint density at radius 1 is 1.64 bits per heavy atom. The molecular weight excluding hydrogens is 200 g/mol. The van der Waals surface area contributed by atoms with Crippen LogP contribution in [0.4, 0.5) is 12.0 Å². The summed E-state index contributed by atoms with van der Waals surface area (Å²) in [5.74, 6) is 1.24. The average Bonchev–Trinajstić information content (AvgIpc) is 2.73. The van der Waals surface area contributed by atoms with Gasteiger partial charge in [-0.15, -0.1) is 0 Å². The minimum absolute atomic E-state index is 0.108. The number of hydrogen-bond donors (Lipinski definition) is 2. The van der Waals surface area contributed by atoms with E-state index in [9.17, 15) is 0 Å². The molecular formula is C8H14N4OS. The van der Waals surface area contributed by atoms with Crippen molar-refractivity contribution in [1.82, 2.24) is 10.2 Å². The third-order valence-corrected chi connectivity index (χ3v) is 3.89. The lowest BCUT2D eigenvalue weighted by atomic mass is 10.1. The maximum atomic E-state index is 5.31. The molecule has 1 saturated heterocycles. The van der Waals surface area contributed by atoms with Crippen molar-refractivity contribution in [2.45, 2.75) is 24.5 Å². The summed E-state index contributed by atoms with van der Waals surface area (Å²) in [6.07, 6.45) is 2.52. The number of nitrogens with zero attached hydrogens (tertiary/aromatic N) is 2. The minimum atomic E-state index is 0.108. The van der Waals surface area contributed by atoms with Crippen LogP contribution in [0.1, 0.15) is 19.8 Å². The molecule has 0 saturated carbocycles. The maximum Gasteiger partial charge on any atom is 0.316 e. The van der Waals surface area contributed by atoms with Crippen molar-refractivity contribution >= 4 is 23.8 Å². The van der Waals surface area contributed by atoms with E-state index < -0.39 is 0 Å². The molecule has 0 aliphatic carbocycles. The van der Waals surface area contributed by atoms with Crippen LogP contribution in [-0.4, -0.2) is 27.2 Å². The summed E-state index contributed by atoms with van der Waals surface area (Å²) in [5.41, 5.74) is 5.31. The molecule has 0 spiro atoms. The topological polar surface area (TPSA) is 77.0 Å². The Kier molecular flexibility index (Phi) is 2.54. The Labute approximate surface area is 86.8 Å². The first-order valence-electron chi connectivity index (χ1n) is 4.65. The predicted octanol–water partition coefficient (Wildman–Crippen LogP) is 1.35. The van der Waals surface area contributed by atoms with Crippen molar-refractivity contribution in [3.8, 4) is 0 Å². The zero-order valence-corrected chi connectivity index (χ0v) is 8.93. The Morgan fingerprint density at radius 2 is 2.50 bits per heavy atom. The van der Waals surface area contributed by atoms with Gasteiger partial charge in [0.1, 0.15) is 0 Å². The van der Waals surface area contributed by atoms with E-state index in [1.54, 1.807) is 0 Å². The van der Waals surface area contributed by atoms with Crippen LogP contribution in [0.5, 0.6) is 0 Å². The van der Waals surface area contributed by atoms with Crippen LogP contribution in [-0.2, 0) is 0 Å². The number of anilines is 2. The Morgan fingerprint density at radius 3 is 3.07 bits per heavy atom. The predicted molar refractivity (Wildman–Crippen MR) is 57.3 cm³/mol. The van der Waals surface area contributed by atoms with Gasteiger partial charge in [-0.25, -0.2) is 0 Å². The van der Waals surface area contributed by atoms with Crippen molar-refractivity contribution in [1.29, 1.82) is 0 Å². The first kappa shape index (κ1) is 9.64. The number of hydrogen-bond acceptors (Lipinski definition) is 6. The lowest BCUT2D eigenvalue weighted by Crippen LogP contribution is -2.27. The first-order valence-corrected chi connectivity index (χ1v) is 5.63. The lowest BCUT2D eigenvalue weighted by molar-refractivity contribution is 0.569. The van der Waals surface area contributed by atoms with Crippen LogP contribution in [0, 0.1) is 0 Å². The van der Waals surface area contributed by atoms with E-state index in [0.29, 0.717) is 10.8 Å². The van der Waals surface area contributed by atoms with Crippen LogP contribution in [0.15, 0.2) is 4.42 Å². The van der Waals surface area contributed by atoms with Crippen LogP contribution in [0.25, 0.3) is 0 Å². The molecule has 1 aromatic rings. The average molecular weight is 214 g/mol. The molecule has 1 fully saturated rings. The molecule has 1 aromatic heterocycles. The molecule has 0 bridgehead atoms. The maximum absolute atomic E-state index is 5.31. The van der Waals surface area contributed by atoms with Gasteiger partial charge >= 0.3 is 12.0 Å². The largest absolute Gasteiger partial charge is 0.390 e. The second-order valence-corrected chi connectivity index (χ2v) is 5.38. The summed E-state index contributed by atoms with van der Waals surface area (Å²) < 4.78 is 5.32. The highest BCUT2D eigenvalue weighted by Gasteiger charge is 2.29. The highest BCUT2D eigenvalue weighted by atomic mass is 32.2. The molecule has 0 amide bonds. The first-order chi connectivity index (χ1) is 6.68. The molecule has 0 aromatic carbocycles. The van der Waals surface area contributed by atoms with Gasteiger partial charge in [0.2, 0.25) is 0 Å². The van der Waals surface area contributed by atoms with Crippen LogP contribution in [0.3, 0.4) is 0 Å². The molecule has 1 atom stereocenters. The monoisotopic (exact) mass is 214 g/mol. The normalized spacial score (nSPS) is 26.6. The summed E-state index contributed by atoms with van der Waals surface area (Å²) >= 11 is 1.99. The van der Waals surface area contributed by atoms with E-state index in [1.165, 1.54) is 18.6 Å². The fraction of sp³-hybridized carbons (Fsp3) is 0.750. The van der Waals surface area contributed by atoms with E-state index >= 15 is 0 Å². The molecule has 2 rings (SSSR count). The van der Waals surface area contributed by atoms with Gasteiger partial charge in [-0.2, -0.15) is 11.8 Å². The van der Waals surface area contributed by atoms with Crippen molar-refractivity contribution in [3.05, 3.63) is 0 Å². The summed E-state index contributed by atoms with van der Waals surface area (Å²) in [7, 11) is 0. The van der Waals surface area contributed by atoms with Crippen LogP contribution < -0.4 is 11.1 Å². The molecule has 5 nitrogen and oxygen atoms in total. The molecule has 14 heavy (non-hydrogen) atoms. The van der Waals surface area contributed by atoms with Crippen LogP contribution >= 0.6 is 11.8 Å². The second-order valence-electron chi connectivity index (χ2n) is 3.70. The van der Waals surface area contributed by atoms with E-state index in [4.69, 9.17) is 10.2 Å². The van der Waals surface area contributed by atoms with Crippen LogP contribution in [0.2, 0.25) is 0 Å². The smallest absolute Gasteiger partial charge is 0.316 e. The van der Waals surface area contributed by atoms with Gasteiger partial charge in [-0.05, 0) is 25.5 Å². The lowest BCUT2D eigenvalue weighted by Gasteiger charge is -2.21. The quantitative estimate of drug-likeness (QED) is 0.791.